The molecule has 0 radical (unpaired) electrons. The van der Waals surface area contributed by atoms with Gasteiger partial charge in [-0.05, 0) is 31.9 Å². The Balaban J connectivity index is 1.55. The van der Waals surface area contributed by atoms with Gasteiger partial charge in [-0.25, -0.2) is 0 Å². The Bertz CT molecular complexity index is 477. The number of anilines is 1. The summed E-state index contributed by atoms with van der Waals surface area (Å²) in [6.45, 7) is 7.08. The van der Waals surface area contributed by atoms with Crippen LogP contribution in [0.25, 0.3) is 0 Å². The number of rotatable bonds is 2. The Labute approximate surface area is 127 Å². The molecule has 3 rings (SSSR count). The summed E-state index contributed by atoms with van der Waals surface area (Å²) in [6.07, 6.45) is 3.04. The molecule has 1 N–H and O–H groups in total. The Morgan fingerprint density at radius 2 is 1.76 bits per heavy atom. The minimum absolute atomic E-state index is 0.203. The maximum atomic E-state index is 11.4. The summed E-state index contributed by atoms with van der Waals surface area (Å²) < 4.78 is 0. The number of nitrogens with one attached hydrogen (secondary N) is 1. The van der Waals surface area contributed by atoms with Gasteiger partial charge in [-0.15, -0.1) is 0 Å². The SMILES string of the molecule is Cc1ccc(N2CCC(N3CCNC(=O)CC3)CC2)cc1. The summed E-state index contributed by atoms with van der Waals surface area (Å²) in [5.41, 5.74) is 2.65. The van der Waals surface area contributed by atoms with Crippen molar-refractivity contribution in [2.45, 2.75) is 32.2 Å². The zero-order valence-electron chi connectivity index (χ0n) is 12.8. The van der Waals surface area contributed by atoms with Gasteiger partial charge in [-0.3, -0.25) is 9.69 Å². The molecule has 2 fully saturated rings. The van der Waals surface area contributed by atoms with E-state index in [9.17, 15) is 4.79 Å². The van der Waals surface area contributed by atoms with Crippen LogP contribution in [0.1, 0.15) is 24.8 Å². The largest absolute Gasteiger partial charge is 0.371 e. The zero-order valence-corrected chi connectivity index (χ0v) is 12.8. The van der Waals surface area contributed by atoms with E-state index in [1.807, 2.05) is 0 Å². The molecule has 1 amide bonds. The summed E-state index contributed by atoms with van der Waals surface area (Å²) in [6, 6.07) is 9.47. The number of hydrogen-bond donors (Lipinski definition) is 1. The van der Waals surface area contributed by atoms with E-state index < -0.39 is 0 Å². The van der Waals surface area contributed by atoms with Crippen LogP contribution < -0.4 is 10.2 Å². The molecule has 0 unspecified atom stereocenters. The van der Waals surface area contributed by atoms with Gasteiger partial charge < -0.3 is 10.2 Å². The molecule has 2 heterocycles. The third-order valence-corrected chi connectivity index (χ3v) is 4.73. The minimum Gasteiger partial charge on any atom is -0.371 e. The van der Waals surface area contributed by atoms with Crippen LogP contribution in [0.3, 0.4) is 0 Å². The minimum atomic E-state index is 0.203. The van der Waals surface area contributed by atoms with Gasteiger partial charge >= 0.3 is 0 Å². The highest BCUT2D eigenvalue weighted by Crippen LogP contribution is 2.23. The highest BCUT2D eigenvalue weighted by atomic mass is 16.1. The number of nitrogens with zero attached hydrogens (tertiary/aromatic N) is 2. The highest BCUT2D eigenvalue weighted by molar-refractivity contribution is 5.76. The van der Waals surface area contributed by atoms with Gasteiger partial charge in [0.05, 0.1) is 0 Å². The van der Waals surface area contributed by atoms with Crippen LogP contribution in [0.5, 0.6) is 0 Å². The lowest BCUT2D eigenvalue weighted by atomic mass is 10.0. The van der Waals surface area contributed by atoms with Gasteiger partial charge in [0.1, 0.15) is 0 Å². The van der Waals surface area contributed by atoms with E-state index in [-0.39, 0.29) is 5.91 Å². The van der Waals surface area contributed by atoms with Crippen LogP contribution in [0.2, 0.25) is 0 Å². The molecule has 1 aromatic carbocycles. The number of piperidine rings is 1. The Hall–Kier alpha value is -1.55. The van der Waals surface area contributed by atoms with Crippen molar-refractivity contribution in [1.29, 1.82) is 0 Å². The molecule has 2 aliphatic rings. The quantitative estimate of drug-likeness (QED) is 0.901. The summed E-state index contributed by atoms with van der Waals surface area (Å²) in [4.78, 5) is 16.4. The molecule has 0 aliphatic carbocycles. The fraction of sp³-hybridized carbons (Fsp3) is 0.588. The molecule has 2 saturated heterocycles. The molecular formula is C17H25N3O. The number of amides is 1. The van der Waals surface area contributed by atoms with Crippen molar-refractivity contribution in [2.75, 3.05) is 37.6 Å². The van der Waals surface area contributed by atoms with Gasteiger partial charge in [0.25, 0.3) is 0 Å². The first kappa shape index (κ1) is 14.4. The Morgan fingerprint density at radius 1 is 1.05 bits per heavy atom. The van der Waals surface area contributed by atoms with Gasteiger partial charge in [-0.1, -0.05) is 17.7 Å². The predicted octanol–water partition coefficient (Wildman–Crippen LogP) is 1.79. The van der Waals surface area contributed by atoms with Crippen LogP contribution in [-0.2, 0) is 4.79 Å². The Kier molecular flexibility index (Phi) is 4.44. The molecule has 0 atom stereocenters. The second kappa shape index (κ2) is 6.48. The molecule has 114 valence electrons. The molecule has 4 nitrogen and oxygen atoms in total. The third kappa shape index (κ3) is 3.56. The summed E-state index contributed by atoms with van der Waals surface area (Å²) >= 11 is 0. The highest BCUT2D eigenvalue weighted by Gasteiger charge is 2.26. The molecule has 0 bridgehead atoms. The molecule has 0 aromatic heterocycles. The second-order valence-corrected chi connectivity index (χ2v) is 6.19. The lowest BCUT2D eigenvalue weighted by Crippen LogP contribution is -2.46. The standard InChI is InChI=1S/C17H25N3O/c1-14-2-4-15(5-3-14)19-10-6-16(7-11-19)20-12-8-17(21)18-9-13-20/h2-5,16H,6-13H2,1H3,(H,18,21). The molecule has 0 spiro atoms. The molecule has 0 saturated carbocycles. The van der Waals surface area contributed by atoms with E-state index in [1.165, 1.54) is 24.1 Å². The average molecular weight is 287 g/mol. The van der Waals surface area contributed by atoms with Gasteiger partial charge in [-0.2, -0.15) is 0 Å². The number of carbonyl (C=O) groups excluding carboxylic acids is 1. The summed E-state index contributed by atoms with van der Waals surface area (Å²) in [5.74, 6) is 0.203. The van der Waals surface area contributed by atoms with Crippen molar-refractivity contribution < 1.29 is 4.79 Å². The van der Waals surface area contributed by atoms with Crippen molar-refractivity contribution in [2.24, 2.45) is 0 Å². The van der Waals surface area contributed by atoms with Crippen molar-refractivity contribution in [1.82, 2.24) is 10.2 Å². The van der Waals surface area contributed by atoms with Crippen molar-refractivity contribution in [3.8, 4) is 0 Å². The Morgan fingerprint density at radius 3 is 2.48 bits per heavy atom. The average Bonchev–Trinajstić information content (AvgIpc) is 2.73. The number of aryl methyl sites for hydroxylation is 1. The third-order valence-electron chi connectivity index (χ3n) is 4.73. The van der Waals surface area contributed by atoms with Crippen molar-refractivity contribution in [3.63, 3.8) is 0 Å². The first-order valence-electron chi connectivity index (χ1n) is 8.05. The van der Waals surface area contributed by atoms with E-state index in [1.54, 1.807) is 0 Å². The second-order valence-electron chi connectivity index (χ2n) is 6.19. The molecule has 2 aliphatic heterocycles. The zero-order chi connectivity index (χ0) is 14.7. The predicted molar refractivity (Wildman–Crippen MR) is 85.6 cm³/mol. The van der Waals surface area contributed by atoms with Crippen LogP contribution >= 0.6 is 0 Å². The molecule has 21 heavy (non-hydrogen) atoms. The number of hydrogen-bond acceptors (Lipinski definition) is 3. The lowest BCUT2D eigenvalue weighted by Gasteiger charge is -2.39. The maximum Gasteiger partial charge on any atom is 0.221 e. The monoisotopic (exact) mass is 287 g/mol. The van der Waals surface area contributed by atoms with E-state index in [0.717, 1.165) is 32.7 Å². The van der Waals surface area contributed by atoms with Gasteiger partial charge in [0, 0.05) is 50.9 Å². The van der Waals surface area contributed by atoms with Crippen LogP contribution in [0.4, 0.5) is 5.69 Å². The fourth-order valence-corrected chi connectivity index (χ4v) is 3.39. The van der Waals surface area contributed by atoms with Gasteiger partial charge in [0.2, 0.25) is 5.91 Å². The van der Waals surface area contributed by atoms with E-state index in [4.69, 9.17) is 0 Å². The first-order valence-corrected chi connectivity index (χ1v) is 8.05. The van der Waals surface area contributed by atoms with E-state index in [0.29, 0.717) is 12.5 Å². The number of benzene rings is 1. The molecule has 1 aromatic rings. The van der Waals surface area contributed by atoms with Crippen molar-refractivity contribution in [3.05, 3.63) is 29.8 Å². The van der Waals surface area contributed by atoms with Crippen LogP contribution in [-0.4, -0.2) is 49.6 Å². The molecule has 4 heteroatoms. The topological polar surface area (TPSA) is 35.6 Å². The van der Waals surface area contributed by atoms with Crippen molar-refractivity contribution >= 4 is 11.6 Å². The van der Waals surface area contributed by atoms with Crippen LogP contribution in [0.15, 0.2) is 24.3 Å². The molecular weight excluding hydrogens is 262 g/mol. The lowest BCUT2D eigenvalue weighted by molar-refractivity contribution is -0.120. The van der Waals surface area contributed by atoms with Crippen LogP contribution in [0, 0.1) is 6.92 Å². The summed E-state index contributed by atoms with van der Waals surface area (Å²) in [5, 5.41) is 2.96. The van der Waals surface area contributed by atoms with E-state index >= 15 is 0 Å². The fourth-order valence-electron chi connectivity index (χ4n) is 3.39. The van der Waals surface area contributed by atoms with E-state index in [2.05, 4.69) is 46.3 Å². The normalized spacial score (nSPS) is 22.0. The summed E-state index contributed by atoms with van der Waals surface area (Å²) in [7, 11) is 0. The van der Waals surface area contributed by atoms with Gasteiger partial charge in [0.15, 0.2) is 0 Å². The number of carbonyl (C=O) groups is 1. The smallest absolute Gasteiger partial charge is 0.221 e. The first-order chi connectivity index (χ1) is 10.2. The maximum absolute atomic E-state index is 11.4.